The molecule has 0 saturated carbocycles. The molecular formula is C34H32Cl2FN3O2. The lowest BCUT2D eigenvalue weighted by Crippen LogP contribution is -2.42. The number of Topliss-reactive ketones (excluding diaryl/α,β-unsaturated/α-hetero) is 1. The zero-order valence-corrected chi connectivity index (χ0v) is 25.8. The van der Waals surface area contributed by atoms with Crippen molar-refractivity contribution < 1.29 is 13.9 Å². The highest BCUT2D eigenvalue weighted by Crippen LogP contribution is 2.51. The minimum absolute atomic E-state index is 0.0423. The Labute approximate surface area is 256 Å². The number of nitriles is 1. The standard InChI is InChI=1S/C34H32Cl2FN3O2/c1-18-10-19(2)24(12-21(18)17-42-30-9-6-22(35)11-20(30)3)31-25(16-38)33(39)40(23-7-8-27(37)26(36)13-23)28-14-34(4,5)15-29(41)32(28)31/h6-13,31H,14-15,17,39H2,1-5H3. The Morgan fingerprint density at radius 2 is 1.79 bits per heavy atom. The summed E-state index contributed by atoms with van der Waals surface area (Å²) >= 11 is 12.3. The van der Waals surface area contributed by atoms with Crippen LogP contribution in [0.4, 0.5) is 10.1 Å². The van der Waals surface area contributed by atoms with E-state index < -0.39 is 11.7 Å². The van der Waals surface area contributed by atoms with Crippen LogP contribution < -0.4 is 15.4 Å². The Bertz CT molecular complexity index is 1740. The first-order chi connectivity index (χ1) is 19.8. The third kappa shape index (κ3) is 5.40. The number of rotatable bonds is 5. The Morgan fingerprint density at radius 3 is 2.45 bits per heavy atom. The molecule has 0 saturated heterocycles. The number of allylic oxidation sites excluding steroid dienone is 3. The lowest BCUT2D eigenvalue weighted by molar-refractivity contribution is -0.118. The van der Waals surface area contributed by atoms with Crippen LogP contribution in [0.15, 0.2) is 71.2 Å². The Kier molecular flexibility index (Phi) is 7.87. The summed E-state index contributed by atoms with van der Waals surface area (Å²) in [5, 5.41) is 11.1. The van der Waals surface area contributed by atoms with Crippen molar-refractivity contribution in [1.82, 2.24) is 0 Å². The molecule has 0 amide bonds. The first kappa shape index (κ1) is 29.7. The van der Waals surface area contributed by atoms with Crippen LogP contribution in [0.25, 0.3) is 0 Å². The van der Waals surface area contributed by atoms with Gasteiger partial charge in [0.1, 0.15) is 24.0 Å². The largest absolute Gasteiger partial charge is 0.489 e. The zero-order valence-electron chi connectivity index (χ0n) is 24.2. The average molecular weight is 605 g/mol. The SMILES string of the molecule is Cc1cc(C)c(C2C(C#N)=C(N)N(c3ccc(F)c(Cl)c3)C3=C2C(=O)CC(C)(C)C3)cc1COc1ccc(Cl)cc1C. The van der Waals surface area contributed by atoms with Gasteiger partial charge in [-0.15, -0.1) is 0 Å². The van der Waals surface area contributed by atoms with Crippen molar-refractivity contribution in [1.29, 1.82) is 5.26 Å². The lowest BCUT2D eigenvalue weighted by atomic mass is 9.68. The van der Waals surface area contributed by atoms with E-state index in [0.717, 1.165) is 33.6 Å². The van der Waals surface area contributed by atoms with Gasteiger partial charge in [-0.05, 0) is 96.8 Å². The fourth-order valence-corrected chi connectivity index (χ4v) is 6.45. The maximum atomic E-state index is 14.1. The monoisotopic (exact) mass is 603 g/mol. The number of nitrogens with two attached hydrogens (primary N) is 1. The highest BCUT2D eigenvalue weighted by Gasteiger charge is 2.45. The molecule has 1 atom stereocenters. The van der Waals surface area contributed by atoms with Crippen LogP contribution in [0.5, 0.6) is 5.75 Å². The molecule has 0 bridgehead atoms. The first-order valence-corrected chi connectivity index (χ1v) is 14.5. The molecule has 3 aromatic carbocycles. The molecule has 5 nitrogen and oxygen atoms in total. The van der Waals surface area contributed by atoms with Crippen LogP contribution in [-0.2, 0) is 11.4 Å². The number of nitrogens with zero attached hydrogens (tertiary/aromatic N) is 2. The average Bonchev–Trinajstić information content (AvgIpc) is 2.90. The smallest absolute Gasteiger partial charge is 0.162 e. The molecule has 8 heteroatoms. The van der Waals surface area contributed by atoms with Crippen LogP contribution in [-0.4, -0.2) is 5.78 Å². The van der Waals surface area contributed by atoms with E-state index in [4.69, 9.17) is 33.7 Å². The summed E-state index contributed by atoms with van der Waals surface area (Å²) < 4.78 is 20.3. The highest BCUT2D eigenvalue weighted by atomic mass is 35.5. The second-order valence-corrected chi connectivity index (χ2v) is 12.8. The molecule has 2 N–H and O–H groups in total. The molecule has 1 aliphatic carbocycles. The van der Waals surface area contributed by atoms with E-state index in [2.05, 4.69) is 12.1 Å². The van der Waals surface area contributed by atoms with Gasteiger partial charge in [-0.3, -0.25) is 9.69 Å². The highest BCUT2D eigenvalue weighted by molar-refractivity contribution is 6.31. The number of benzene rings is 3. The quantitative estimate of drug-likeness (QED) is 0.316. The second kappa shape index (κ2) is 11.1. The number of carbonyl (C=O) groups excluding carboxylic acids is 1. The summed E-state index contributed by atoms with van der Waals surface area (Å²) in [7, 11) is 0. The molecule has 1 unspecified atom stereocenters. The number of ether oxygens (including phenoxy) is 1. The van der Waals surface area contributed by atoms with Gasteiger partial charge in [0, 0.05) is 28.4 Å². The van der Waals surface area contributed by atoms with E-state index in [0.29, 0.717) is 41.4 Å². The van der Waals surface area contributed by atoms with Crippen molar-refractivity contribution in [2.24, 2.45) is 11.1 Å². The number of carbonyl (C=O) groups is 1. The van der Waals surface area contributed by atoms with Gasteiger partial charge in [0.15, 0.2) is 5.78 Å². The molecule has 0 radical (unpaired) electrons. The number of anilines is 1. The Balaban J connectivity index is 1.66. The van der Waals surface area contributed by atoms with E-state index in [-0.39, 0.29) is 27.6 Å². The van der Waals surface area contributed by atoms with Gasteiger partial charge >= 0.3 is 0 Å². The molecule has 0 fully saturated rings. The maximum Gasteiger partial charge on any atom is 0.162 e. The van der Waals surface area contributed by atoms with Crippen LogP contribution in [0, 0.1) is 43.3 Å². The molecule has 5 rings (SSSR count). The molecule has 0 spiro atoms. The van der Waals surface area contributed by atoms with Gasteiger partial charge in [0.2, 0.25) is 0 Å². The van der Waals surface area contributed by atoms with Crippen molar-refractivity contribution in [2.75, 3.05) is 4.90 Å². The molecule has 42 heavy (non-hydrogen) atoms. The van der Waals surface area contributed by atoms with Crippen molar-refractivity contribution in [2.45, 2.75) is 60.0 Å². The Morgan fingerprint density at radius 1 is 1.05 bits per heavy atom. The minimum Gasteiger partial charge on any atom is -0.489 e. The van der Waals surface area contributed by atoms with Gasteiger partial charge in [0.25, 0.3) is 0 Å². The third-order valence-electron chi connectivity index (χ3n) is 8.10. The van der Waals surface area contributed by atoms with Crippen molar-refractivity contribution in [3.63, 3.8) is 0 Å². The molecule has 1 aliphatic heterocycles. The number of hydrogen-bond acceptors (Lipinski definition) is 5. The summed E-state index contributed by atoms with van der Waals surface area (Å²) in [5.41, 5.74) is 13.1. The van der Waals surface area contributed by atoms with E-state index in [1.165, 1.54) is 12.1 Å². The van der Waals surface area contributed by atoms with Gasteiger partial charge in [-0.1, -0.05) is 49.2 Å². The van der Waals surface area contributed by atoms with E-state index in [1.54, 1.807) is 17.0 Å². The predicted molar refractivity (Wildman–Crippen MR) is 165 cm³/mol. The summed E-state index contributed by atoms with van der Waals surface area (Å²) in [6.07, 6.45) is 0.866. The normalized spacial score (nSPS) is 18.2. The molecule has 3 aromatic rings. The fraction of sp³-hybridized carbons (Fsp3) is 0.294. The predicted octanol–water partition coefficient (Wildman–Crippen LogP) is 8.58. The number of hydrogen-bond donors (Lipinski definition) is 1. The van der Waals surface area contributed by atoms with Gasteiger partial charge < -0.3 is 10.5 Å². The topological polar surface area (TPSA) is 79.4 Å². The van der Waals surface area contributed by atoms with Crippen LogP contribution in [0.3, 0.4) is 0 Å². The second-order valence-electron chi connectivity index (χ2n) is 11.9. The zero-order chi connectivity index (χ0) is 30.5. The van der Waals surface area contributed by atoms with Gasteiger partial charge in [-0.25, -0.2) is 4.39 Å². The third-order valence-corrected chi connectivity index (χ3v) is 8.62. The molecule has 1 heterocycles. The first-order valence-electron chi connectivity index (χ1n) is 13.7. The lowest BCUT2D eigenvalue weighted by Gasteiger charge is -2.44. The van der Waals surface area contributed by atoms with E-state index >= 15 is 0 Å². The van der Waals surface area contributed by atoms with Crippen LogP contribution in [0.1, 0.15) is 60.4 Å². The fourth-order valence-electron chi connectivity index (χ4n) is 6.05. The number of halogens is 3. The molecular weight excluding hydrogens is 572 g/mol. The minimum atomic E-state index is -0.655. The number of aryl methyl sites for hydroxylation is 3. The molecule has 0 aromatic heterocycles. The summed E-state index contributed by atoms with van der Waals surface area (Å²) in [6, 6.07) is 16.2. The number of ketones is 1. The summed E-state index contributed by atoms with van der Waals surface area (Å²) in [6.45, 7) is 10.3. The van der Waals surface area contributed by atoms with E-state index in [1.807, 2.05) is 52.8 Å². The van der Waals surface area contributed by atoms with Crippen molar-refractivity contribution >= 4 is 34.7 Å². The van der Waals surface area contributed by atoms with Crippen LogP contribution in [0.2, 0.25) is 10.0 Å². The van der Waals surface area contributed by atoms with Crippen LogP contribution >= 0.6 is 23.2 Å². The van der Waals surface area contributed by atoms with Gasteiger partial charge in [0.05, 0.1) is 22.6 Å². The molecule has 216 valence electrons. The Hall–Kier alpha value is -3.79. The van der Waals surface area contributed by atoms with Crippen molar-refractivity contribution in [3.8, 4) is 11.8 Å². The summed E-state index contributed by atoms with van der Waals surface area (Å²) in [5.74, 6) is -0.337. The van der Waals surface area contributed by atoms with Crippen molar-refractivity contribution in [3.05, 3.63) is 115 Å². The molecule has 2 aliphatic rings. The summed E-state index contributed by atoms with van der Waals surface area (Å²) in [4.78, 5) is 15.7. The van der Waals surface area contributed by atoms with E-state index in [9.17, 15) is 14.4 Å². The maximum absolute atomic E-state index is 14.1. The van der Waals surface area contributed by atoms with Gasteiger partial charge in [-0.2, -0.15) is 5.26 Å².